The van der Waals surface area contributed by atoms with Gasteiger partial charge in [-0.25, -0.2) is 9.97 Å². The van der Waals surface area contributed by atoms with Crippen molar-refractivity contribution >= 4 is 22.6 Å². The van der Waals surface area contributed by atoms with Crippen molar-refractivity contribution in [3.8, 4) is 17.1 Å². The zero-order chi connectivity index (χ0) is 23.5. The third-order valence-electron chi connectivity index (χ3n) is 8.16. The van der Waals surface area contributed by atoms with E-state index in [9.17, 15) is 4.79 Å². The fourth-order valence-corrected chi connectivity index (χ4v) is 6.06. The van der Waals surface area contributed by atoms with Gasteiger partial charge in [-0.05, 0) is 31.5 Å². The van der Waals surface area contributed by atoms with Gasteiger partial charge in [0.15, 0.2) is 5.52 Å². The van der Waals surface area contributed by atoms with E-state index in [-0.39, 0.29) is 17.9 Å². The number of fused-ring (bicyclic) bond motifs is 3. The van der Waals surface area contributed by atoms with E-state index in [0.29, 0.717) is 42.5 Å². The van der Waals surface area contributed by atoms with Crippen molar-refractivity contribution < 1.29 is 14.3 Å². The molecule has 1 amide bonds. The highest BCUT2D eigenvalue weighted by Crippen LogP contribution is 2.38. The van der Waals surface area contributed by atoms with E-state index in [1.807, 2.05) is 13.0 Å². The van der Waals surface area contributed by atoms with Gasteiger partial charge in [-0.2, -0.15) is 0 Å². The van der Waals surface area contributed by atoms with Crippen LogP contribution in [0.15, 0.2) is 36.7 Å². The number of imidazole rings is 1. The van der Waals surface area contributed by atoms with Gasteiger partial charge in [-0.1, -0.05) is 12.1 Å². The van der Waals surface area contributed by atoms with Gasteiger partial charge in [0.05, 0.1) is 36.8 Å². The van der Waals surface area contributed by atoms with E-state index in [1.165, 1.54) is 12.1 Å². The van der Waals surface area contributed by atoms with Crippen LogP contribution in [0.4, 0.5) is 5.69 Å². The number of hydrogen-bond donors (Lipinski definition) is 2. The second kappa shape index (κ2) is 8.20. The summed E-state index contributed by atoms with van der Waals surface area (Å²) in [6, 6.07) is 12.6. The van der Waals surface area contributed by atoms with Gasteiger partial charge in [-0.15, -0.1) is 0 Å². The van der Waals surface area contributed by atoms with E-state index in [4.69, 9.17) is 14.5 Å². The van der Waals surface area contributed by atoms with E-state index >= 15 is 0 Å². The number of carbonyl (C=O) groups excluding carboxylic acids is 1. The first-order valence-electron chi connectivity index (χ1n) is 12.6. The molecule has 4 atom stereocenters. The number of piperidine rings is 1. The highest BCUT2D eigenvalue weighted by atomic mass is 16.5. The summed E-state index contributed by atoms with van der Waals surface area (Å²) in [4.78, 5) is 29.3. The molecule has 9 nitrogen and oxygen atoms in total. The molecule has 35 heavy (non-hydrogen) atoms. The lowest BCUT2D eigenvalue weighted by Gasteiger charge is -2.61. The van der Waals surface area contributed by atoms with Gasteiger partial charge in [0.1, 0.15) is 6.10 Å². The number of H-pyrrole nitrogens is 1. The molecule has 3 aromatic rings. The molecule has 2 N–H and O–H groups in total. The minimum absolute atomic E-state index is 0.0768. The molecule has 0 saturated carbocycles. The van der Waals surface area contributed by atoms with Gasteiger partial charge in [0.25, 0.3) is 0 Å². The molecule has 5 aliphatic heterocycles. The van der Waals surface area contributed by atoms with E-state index in [0.717, 1.165) is 43.1 Å². The standard InChI is InChI=1S/C26H30N6O3/c1-15(17-6-24(33)27-9-17)35-26-25-23(28-14-29-25)8-22(30-26)16-2-4-18(5-3-16)31-10-19-7-20(11-31)32(19)21-12-34-13-21/h2-5,8,14-15,17,19-21H,6-7,9-13H2,1H3,(H,27,33)(H,28,29)/t15-,17-,19?,20?/m1/s1. The maximum atomic E-state index is 11.6. The molecule has 5 saturated heterocycles. The SMILES string of the molecule is C[C@@H](Oc1nc(-c2ccc(N3CC4CC(C3)N4C3COC3)cc2)cc2[nH]cnc12)[C@H]1CNC(=O)C1. The molecular weight excluding hydrogens is 444 g/mol. The number of benzene rings is 1. The molecule has 7 heterocycles. The van der Waals surface area contributed by atoms with Crippen molar-refractivity contribution in [2.24, 2.45) is 5.92 Å². The molecule has 182 valence electrons. The summed E-state index contributed by atoms with van der Waals surface area (Å²) in [6.45, 7) is 6.59. The molecular formula is C26H30N6O3. The van der Waals surface area contributed by atoms with Gasteiger partial charge in [0.2, 0.25) is 11.8 Å². The molecule has 2 unspecified atom stereocenters. The zero-order valence-electron chi connectivity index (χ0n) is 19.8. The second-order valence-electron chi connectivity index (χ2n) is 10.3. The number of piperazine rings is 1. The maximum absolute atomic E-state index is 11.6. The minimum atomic E-state index is -0.143. The molecule has 5 fully saturated rings. The monoisotopic (exact) mass is 474 g/mol. The Morgan fingerprint density at radius 3 is 2.63 bits per heavy atom. The van der Waals surface area contributed by atoms with Crippen molar-refractivity contribution in [1.29, 1.82) is 0 Å². The molecule has 8 rings (SSSR count). The van der Waals surface area contributed by atoms with Crippen molar-refractivity contribution in [3.05, 3.63) is 36.7 Å². The van der Waals surface area contributed by atoms with Crippen LogP contribution in [0.1, 0.15) is 19.8 Å². The fourth-order valence-electron chi connectivity index (χ4n) is 6.06. The predicted molar refractivity (Wildman–Crippen MR) is 131 cm³/mol. The highest BCUT2D eigenvalue weighted by molar-refractivity contribution is 5.84. The lowest BCUT2D eigenvalue weighted by molar-refractivity contribution is -0.141. The number of nitrogens with one attached hydrogen (secondary N) is 2. The van der Waals surface area contributed by atoms with Crippen LogP contribution in [0.2, 0.25) is 0 Å². The van der Waals surface area contributed by atoms with Gasteiger partial charge in [-0.3, -0.25) is 9.69 Å². The normalized spacial score (nSPS) is 27.4. The average Bonchev–Trinajstić information content (AvgIpc) is 3.50. The number of aromatic nitrogens is 3. The summed E-state index contributed by atoms with van der Waals surface area (Å²) in [6.07, 6.45) is 3.32. The summed E-state index contributed by atoms with van der Waals surface area (Å²) < 4.78 is 11.7. The first-order chi connectivity index (χ1) is 17.1. The predicted octanol–water partition coefficient (Wildman–Crippen LogP) is 2.19. The van der Waals surface area contributed by atoms with E-state index in [1.54, 1.807) is 6.33 Å². The number of ether oxygens (including phenoxy) is 2. The van der Waals surface area contributed by atoms with Crippen LogP contribution in [0.25, 0.3) is 22.3 Å². The minimum Gasteiger partial charge on any atom is -0.473 e. The summed E-state index contributed by atoms with van der Waals surface area (Å²) >= 11 is 0. The van der Waals surface area contributed by atoms with Crippen molar-refractivity contribution in [2.75, 3.05) is 37.7 Å². The molecule has 5 aliphatic rings. The first-order valence-corrected chi connectivity index (χ1v) is 12.6. The number of carbonyl (C=O) groups is 1. The average molecular weight is 475 g/mol. The Balaban J connectivity index is 1.09. The van der Waals surface area contributed by atoms with Crippen LogP contribution in [0.3, 0.4) is 0 Å². The second-order valence-corrected chi connectivity index (χ2v) is 10.3. The maximum Gasteiger partial charge on any atom is 0.243 e. The lowest BCUT2D eigenvalue weighted by Crippen LogP contribution is -2.74. The Kier molecular flexibility index (Phi) is 4.95. The quantitative estimate of drug-likeness (QED) is 0.565. The Hall–Kier alpha value is -3.17. The number of aromatic amines is 1. The molecule has 1 aromatic carbocycles. The summed E-state index contributed by atoms with van der Waals surface area (Å²) in [5, 5.41) is 2.88. The Labute approximate surface area is 203 Å². The molecule has 0 aliphatic carbocycles. The fraction of sp³-hybridized carbons (Fsp3) is 0.500. The van der Waals surface area contributed by atoms with Crippen LogP contribution < -0.4 is 15.0 Å². The third kappa shape index (κ3) is 3.65. The van der Waals surface area contributed by atoms with Crippen LogP contribution in [0.5, 0.6) is 5.88 Å². The molecule has 9 heteroatoms. The van der Waals surface area contributed by atoms with Crippen molar-refractivity contribution in [2.45, 2.75) is 44.0 Å². The van der Waals surface area contributed by atoms with Gasteiger partial charge in [0, 0.05) is 55.3 Å². The Morgan fingerprint density at radius 1 is 1.14 bits per heavy atom. The topological polar surface area (TPSA) is 95.6 Å². The van der Waals surface area contributed by atoms with Crippen LogP contribution in [-0.4, -0.2) is 82.8 Å². The van der Waals surface area contributed by atoms with Gasteiger partial charge < -0.3 is 24.7 Å². The Morgan fingerprint density at radius 2 is 1.94 bits per heavy atom. The number of pyridine rings is 1. The summed E-state index contributed by atoms with van der Waals surface area (Å²) in [5.74, 6) is 0.712. The van der Waals surface area contributed by atoms with Crippen LogP contribution in [0, 0.1) is 5.92 Å². The molecule has 0 radical (unpaired) electrons. The molecule has 0 spiro atoms. The lowest BCUT2D eigenvalue weighted by atomic mass is 9.84. The third-order valence-corrected chi connectivity index (χ3v) is 8.16. The van der Waals surface area contributed by atoms with Crippen molar-refractivity contribution in [1.82, 2.24) is 25.2 Å². The number of nitrogens with zero attached hydrogens (tertiary/aromatic N) is 4. The number of rotatable bonds is 6. The van der Waals surface area contributed by atoms with Crippen LogP contribution in [-0.2, 0) is 9.53 Å². The number of amides is 1. The number of anilines is 1. The Bertz CT molecular complexity index is 1240. The first kappa shape index (κ1) is 21.1. The molecule has 2 bridgehead atoms. The van der Waals surface area contributed by atoms with Crippen LogP contribution >= 0.6 is 0 Å². The highest BCUT2D eigenvalue weighted by Gasteiger charge is 2.49. The van der Waals surface area contributed by atoms with Gasteiger partial charge >= 0.3 is 0 Å². The molecule has 2 aromatic heterocycles. The largest absolute Gasteiger partial charge is 0.473 e. The summed E-state index contributed by atoms with van der Waals surface area (Å²) in [5.41, 5.74) is 4.74. The zero-order valence-corrected chi connectivity index (χ0v) is 19.8. The smallest absolute Gasteiger partial charge is 0.243 e. The number of hydrogen-bond acceptors (Lipinski definition) is 7. The van der Waals surface area contributed by atoms with Crippen molar-refractivity contribution in [3.63, 3.8) is 0 Å². The van der Waals surface area contributed by atoms with E-state index in [2.05, 4.69) is 49.4 Å². The van der Waals surface area contributed by atoms with E-state index < -0.39 is 0 Å². The summed E-state index contributed by atoms with van der Waals surface area (Å²) in [7, 11) is 0.